The molecule has 0 heterocycles. The highest BCUT2D eigenvalue weighted by Gasteiger charge is 2.01. The molecule has 2 aromatic carbocycles. The Hall–Kier alpha value is -1.47. The van der Waals surface area contributed by atoms with E-state index in [0.717, 1.165) is 12.0 Å². The van der Waals surface area contributed by atoms with Crippen molar-refractivity contribution in [2.75, 3.05) is 5.73 Å². The van der Waals surface area contributed by atoms with E-state index in [9.17, 15) is 0 Å². The first kappa shape index (κ1) is 11.0. The largest absolute Gasteiger partial charge is 0.398 e. The van der Waals surface area contributed by atoms with E-state index in [1.165, 1.54) is 11.1 Å². The standard InChI is InChI=1S/C14H14ClN/c1-2-10-4-3-5-11(8-10)12-6-7-14(16)13(15)9-12/h3-9H,2,16H2,1H3. The summed E-state index contributed by atoms with van der Waals surface area (Å²) in [6, 6.07) is 14.2. The van der Waals surface area contributed by atoms with Crippen molar-refractivity contribution in [2.45, 2.75) is 13.3 Å². The highest BCUT2D eigenvalue weighted by Crippen LogP contribution is 2.27. The zero-order valence-corrected chi connectivity index (χ0v) is 9.96. The Balaban J connectivity index is 2.46. The molecule has 0 aromatic heterocycles. The van der Waals surface area contributed by atoms with Gasteiger partial charge in [0.2, 0.25) is 0 Å². The van der Waals surface area contributed by atoms with Crippen molar-refractivity contribution < 1.29 is 0 Å². The summed E-state index contributed by atoms with van der Waals surface area (Å²) < 4.78 is 0. The molecule has 0 radical (unpaired) electrons. The Morgan fingerprint density at radius 3 is 2.50 bits per heavy atom. The molecule has 0 aliphatic carbocycles. The Labute approximate surface area is 101 Å². The molecule has 0 aliphatic heterocycles. The molecular formula is C14H14ClN. The van der Waals surface area contributed by atoms with Crippen LogP contribution < -0.4 is 5.73 Å². The number of hydrogen-bond acceptors (Lipinski definition) is 1. The number of anilines is 1. The van der Waals surface area contributed by atoms with Crippen molar-refractivity contribution in [3.63, 3.8) is 0 Å². The highest BCUT2D eigenvalue weighted by atomic mass is 35.5. The van der Waals surface area contributed by atoms with E-state index >= 15 is 0 Å². The van der Waals surface area contributed by atoms with Crippen LogP contribution in [0.2, 0.25) is 5.02 Å². The Bertz CT molecular complexity index is 506. The lowest BCUT2D eigenvalue weighted by Crippen LogP contribution is -1.87. The normalized spacial score (nSPS) is 10.4. The minimum Gasteiger partial charge on any atom is -0.398 e. The smallest absolute Gasteiger partial charge is 0.0641 e. The number of halogens is 1. The van der Waals surface area contributed by atoms with Crippen LogP contribution in [0.5, 0.6) is 0 Å². The predicted octanol–water partition coefficient (Wildman–Crippen LogP) is 4.15. The zero-order chi connectivity index (χ0) is 11.5. The molecule has 0 amide bonds. The Kier molecular flexibility index (Phi) is 3.16. The van der Waals surface area contributed by atoms with Crippen LogP contribution >= 0.6 is 11.6 Å². The molecule has 0 bridgehead atoms. The molecule has 1 nitrogen and oxygen atoms in total. The SMILES string of the molecule is CCc1cccc(-c2ccc(N)c(Cl)c2)c1. The summed E-state index contributed by atoms with van der Waals surface area (Å²) in [7, 11) is 0. The number of benzene rings is 2. The molecule has 2 rings (SSSR count). The van der Waals surface area contributed by atoms with E-state index in [0.29, 0.717) is 10.7 Å². The van der Waals surface area contributed by atoms with Gasteiger partial charge in [0, 0.05) is 0 Å². The van der Waals surface area contributed by atoms with Gasteiger partial charge >= 0.3 is 0 Å². The number of nitrogens with two attached hydrogens (primary N) is 1. The van der Waals surface area contributed by atoms with E-state index in [1.807, 2.05) is 18.2 Å². The third-order valence-electron chi connectivity index (χ3n) is 2.67. The van der Waals surface area contributed by atoms with Gasteiger partial charge < -0.3 is 5.73 Å². The van der Waals surface area contributed by atoms with Crippen LogP contribution in [0, 0.1) is 0 Å². The molecule has 2 heteroatoms. The Morgan fingerprint density at radius 2 is 1.81 bits per heavy atom. The maximum Gasteiger partial charge on any atom is 0.0641 e. The van der Waals surface area contributed by atoms with E-state index in [2.05, 4.69) is 31.2 Å². The second kappa shape index (κ2) is 4.58. The van der Waals surface area contributed by atoms with Crippen molar-refractivity contribution in [3.8, 4) is 11.1 Å². The molecule has 82 valence electrons. The molecule has 0 saturated carbocycles. The van der Waals surface area contributed by atoms with Crippen molar-refractivity contribution in [2.24, 2.45) is 0 Å². The van der Waals surface area contributed by atoms with Crippen molar-refractivity contribution in [1.82, 2.24) is 0 Å². The van der Waals surface area contributed by atoms with Gasteiger partial charge in [0.15, 0.2) is 0 Å². The first-order valence-electron chi connectivity index (χ1n) is 5.35. The first-order valence-corrected chi connectivity index (χ1v) is 5.73. The van der Waals surface area contributed by atoms with Gasteiger partial charge in [0.05, 0.1) is 10.7 Å². The van der Waals surface area contributed by atoms with E-state index in [-0.39, 0.29) is 0 Å². The average Bonchev–Trinajstić information content (AvgIpc) is 2.33. The summed E-state index contributed by atoms with van der Waals surface area (Å²) in [5.41, 5.74) is 9.93. The van der Waals surface area contributed by atoms with E-state index in [1.54, 1.807) is 0 Å². The fourth-order valence-corrected chi connectivity index (χ4v) is 1.86. The topological polar surface area (TPSA) is 26.0 Å². The highest BCUT2D eigenvalue weighted by molar-refractivity contribution is 6.33. The maximum absolute atomic E-state index is 6.01. The second-order valence-electron chi connectivity index (χ2n) is 3.79. The quantitative estimate of drug-likeness (QED) is 0.772. The number of rotatable bonds is 2. The third-order valence-corrected chi connectivity index (χ3v) is 3.00. The van der Waals surface area contributed by atoms with Crippen LogP contribution in [-0.4, -0.2) is 0 Å². The van der Waals surface area contributed by atoms with Gasteiger partial charge in [-0.15, -0.1) is 0 Å². The first-order chi connectivity index (χ1) is 7.70. The number of nitrogen functional groups attached to an aromatic ring is 1. The average molecular weight is 232 g/mol. The van der Waals surface area contributed by atoms with Gasteiger partial charge in [0.1, 0.15) is 0 Å². The lowest BCUT2D eigenvalue weighted by atomic mass is 10.0. The molecule has 2 N–H and O–H groups in total. The summed E-state index contributed by atoms with van der Waals surface area (Å²) >= 11 is 6.01. The molecular weight excluding hydrogens is 218 g/mol. The minimum absolute atomic E-state index is 0.611. The van der Waals surface area contributed by atoms with Gasteiger partial charge in [-0.2, -0.15) is 0 Å². The van der Waals surface area contributed by atoms with Crippen molar-refractivity contribution >= 4 is 17.3 Å². The molecule has 0 atom stereocenters. The summed E-state index contributed by atoms with van der Waals surface area (Å²) in [5, 5.41) is 0.611. The summed E-state index contributed by atoms with van der Waals surface area (Å²) in [5.74, 6) is 0. The fourth-order valence-electron chi connectivity index (χ4n) is 1.68. The second-order valence-corrected chi connectivity index (χ2v) is 4.20. The van der Waals surface area contributed by atoms with E-state index in [4.69, 9.17) is 17.3 Å². The number of hydrogen-bond donors (Lipinski definition) is 1. The zero-order valence-electron chi connectivity index (χ0n) is 9.20. The van der Waals surface area contributed by atoms with Crippen molar-refractivity contribution in [3.05, 3.63) is 53.1 Å². The van der Waals surface area contributed by atoms with Gasteiger partial charge in [-0.05, 0) is 35.2 Å². The number of aryl methyl sites for hydroxylation is 1. The molecule has 2 aromatic rings. The lowest BCUT2D eigenvalue weighted by molar-refractivity contribution is 1.14. The molecule has 0 unspecified atom stereocenters. The van der Waals surface area contributed by atoms with Crippen LogP contribution in [-0.2, 0) is 6.42 Å². The van der Waals surface area contributed by atoms with Gasteiger partial charge in [-0.3, -0.25) is 0 Å². The van der Waals surface area contributed by atoms with Gasteiger partial charge in [-0.1, -0.05) is 48.9 Å². The third kappa shape index (κ3) is 2.20. The monoisotopic (exact) mass is 231 g/mol. The van der Waals surface area contributed by atoms with Crippen LogP contribution in [0.3, 0.4) is 0 Å². The van der Waals surface area contributed by atoms with E-state index < -0.39 is 0 Å². The van der Waals surface area contributed by atoms with Gasteiger partial charge in [0.25, 0.3) is 0 Å². The molecule has 0 fully saturated rings. The summed E-state index contributed by atoms with van der Waals surface area (Å²) in [4.78, 5) is 0. The van der Waals surface area contributed by atoms with Crippen molar-refractivity contribution in [1.29, 1.82) is 0 Å². The van der Waals surface area contributed by atoms with Crippen LogP contribution in [0.25, 0.3) is 11.1 Å². The Morgan fingerprint density at radius 1 is 1.06 bits per heavy atom. The minimum atomic E-state index is 0.611. The fraction of sp³-hybridized carbons (Fsp3) is 0.143. The molecule has 0 aliphatic rings. The molecule has 16 heavy (non-hydrogen) atoms. The molecule has 0 spiro atoms. The molecule has 0 saturated heterocycles. The summed E-state index contributed by atoms with van der Waals surface area (Å²) in [6.07, 6.45) is 1.04. The van der Waals surface area contributed by atoms with Crippen LogP contribution in [0.1, 0.15) is 12.5 Å². The maximum atomic E-state index is 6.01. The summed E-state index contributed by atoms with van der Waals surface area (Å²) in [6.45, 7) is 2.15. The van der Waals surface area contributed by atoms with Gasteiger partial charge in [-0.25, -0.2) is 0 Å². The van der Waals surface area contributed by atoms with Crippen LogP contribution in [0.15, 0.2) is 42.5 Å². The lowest BCUT2D eigenvalue weighted by Gasteiger charge is -2.06. The van der Waals surface area contributed by atoms with Crippen LogP contribution in [0.4, 0.5) is 5.69 Å². The predicted molar refractivity (Wildman–Crippen MR) is 70.7 cm³/mol.